The van der Waals surface area contributed by atoms with E-state index in [-0.39, 0.29) is 24.1 Å². The third-order valence-corrected chi connectivity index (χ3v) is 6.29. The summed E-state index contributed by atoms with van der Waals surface area (Å²) in [6.45, 7) is 1.40. The molecule has 2 heterocycles. The van der Waals surface area contributed by atoms with Crippen LogP contribution in [0.2, 0.25) is 0 Å². The lowest BCUT2D eigenvalue weighted by atomic mass is 10.0. The Balaban J connectivity index is 0.00000240. The summed E-state index contributed by atoms with van der Waals surface area (Å²) in [6.07, 6.45) is 2.03. The number of rotatable bonds is 5. The van der Waals surface area contributed by atoms with E-state index in [2.05, 4.69) is 5.32 Å². The topological polar surface area (TPSA) is 45.5 Å². The predicted octanol–water partition coefficient (Wildman–Crippen LogP) is 5.11. The third kappa shape index (κ3) is 4.60. The molecule has 0 aliphatic carbocycles. The Morgan fingerprint density at radius 2 is 2.00 bits per heavy atom. The van der Waals surface area contributed by atoms with E-state index in [1.54, 1.807) is 12.1 Å². The highest BCUT2D eigenvalue weighted by atomic mass is 35.5. The number of fused-ring (bicyclic) bond motifs is 1. The molecule has 0 saturated carbocycles. The largest absolute Gasteiger partial charge is 0.451 e. The molecule has 0 radical (unpaired) electrons. The van der Waals surface area contributed by atoms with Gasteiger partial charge >= 0.3 is 0 Å². The number of piperidine rings is 1. The van der Waals surface area contributed by atoms with E-state index in [0.29, 0.717) is 34.6 Å². The van der Waals surface area contributed by atoms with Crippen LogP contribution in [0.1, 0.15) is 29.0 Å². The Kier molecular flexibility index (Phi) is 7.22. The van der Waals surface area contributed by atoms with Gasteiger partial charge in [0.2, 0.25) is 0 Å². The summed E-state index contributed by atoms with van der Waals surface area (Å²) in [7, 11) is 1.93. The van der Waals surface area contributed by atoms with Gasteiger partial charge in [-0.3, -0.25) is 4.79 Å². The average Bonchev–Trinajstić information content (AvgIpc) is 3.11. The van der Waals surface area contributed by atoms with E-state index < -0.39 is 0 Å². The van der Waals surface area contributed by atoms with Crippen LogP contribution in [0.5, 0.6) is 0 Å². The highest BCUT2D eigenvalue weighted by Gasteiger charge is 2.29. The molecule has 0 spiro atoms. The standard InChI is InChI=1S/C22H23FN2O2S.ClH/c1-24-15-7-6-12-25(13-15)22(26)21-17(16-8-2-4-10-19(16)27-21)14-28-20-11-5-3-9-18(20)23;/h2-5,8-11,15,24H,6-7,12-14H2,1H3;1H. The number of benzene rings is 2. The average molecular weight is 435 g/mol. The number of likely N-dealkylation sites (tertiary alicyclic amines) is 1. The Bertz CT molecular complexity index is 994. The minimum Gasteiger partial charge on any atom is -0.451 e. The molecule has 0 bridgehead atoms. The quantitative estimate of drug-likeness (QED) is 0.567. The molecule has 2 aromatic carbocycles. The molecule has 29 heavy (non-hydrogen) atoms. The van der Waals surface area contributed by atoms with Crippen molar-refractivity contribution in [2.75, 3.05) is 20.1 Å². The number of para-hydroxylation sites is 1. The van der Waals surface area contributed by atoms with Crippen LogP contribution in [0.15, 0.2) is 57.8 Å². The molecule has 1 aliphatic rings. The number of carbonyl (C=O) groups excluding carboxylic acids is 1. The zero-order valence-electron chi connectivity index (χ0n) is 16.2. The van der Waals surface area contributed by atoms with Crippen LogP contribution in [-0.2, 0) is 5.75 Å². The van der Waals surface area contributed by atoms with Gasteiger partial charge in [-0.25, -0.2) is 4.39 Å². The third-order valence-electron chi connectivity index (χ3n) is 5.22. The molecule has 7 heteroatoms. The van der Waals surface area contributed by atoms with Crippen molar-refractivity contribution in [3.05, 3.63) is 65.7 Å². The molecule has 1 atom stereocenters. The Morgan fingerprint density at radius 3 is 2.79 bits per heavy atom. The van der Waals surface area contributed by atoms with Gasteiger partial charge in [0.05, 0.1) is 0 Å². The number of amides is 1. The number of furan rings is 1. The van der Waals surface area contributed by atoms with Crippen molar-refractivity contribution in [1.29, 1.82) is 0 Å². The van der Waals surface area contributed by atoms with Crippen LogP contribution in [0.4, 0.5) is 4.39 Å². The van der Waals surface area contributed by atoms with Crippen molar-refractivity contribution < 1.29 is 13.6 Å². The molecule has 1 fully saturated rings. The number of likely N-dealkylation sites (N-methyl/N-ethyl adjacent to an activating group) is 1. The molecule has 4 rings (SSSR count). The van der Waals surface area contributed by atoms with E-state index in [4.69, 9.17) is 4.42 Å². The number of hydrogen-bond donors (Lipinski definition) is 1. The molecule has 1 aromatic heterocycles. The summed E-state index contributed by atoms with van der Waals surface area (Å²) < 4.78 is 20.0. The zero-order valence-corrected chi connectivity index (χ0v) is 17.8. The normalized spacial score (nSPS) is 16.6. The minimum atomic E-state index is -0.249. The van der Waals surface area contributed by atoms with Crippen LogP contribution in [0.3, 0.4) is 0 Å². The molecule has 1 amide bonds. The van der Waals surface area contributed by atoms with E-state index in [9.17, 15) is 9.18 Å². The van der Waals surface area contributed by atoms with Gasteiger partial charge < -0.3 is 14.6 Å². The number of halogens is 2. The van der Waals surface area contributed by atoms with E-state index in [0.717, 1.165) is 30.3 Å². The maximum atomic E-state index is 14.0. The van der Waals surface area contributed by atoms with Crippen molar-refractivity contribution in [2.45, 2.75) is 29.5 Å². The SMILES string of the molecule is CNC1CCCN(C(=O)c2oc3ccccc3c2CSc2ccccc2F)C1.Cl. The molecular formula is C22H24ClFN2O2S. The van der Waals surface area contributed by atoms with Crippen LogP contribution >= 0.6 is 24.2 Å². The first-order chi connectivity index (χ1) is 13.7. The fourth-order valence-corrected chi connectivity index (χ4v) is 4.63. The summed E-state index contributed by atoms with van der Waals surface area (Å²) in [5, 5.41) is 4.18. The maximum Gasteiger partial charge on any atom is 0.289 e. The molecule has 1 unspecified atom stereocenters. The van der Waals surface area contributed by atoms with Crippen LogP contribution in [0.25, 0.3) is 11.0 Å². The summed E-state index contributed by atoms with van der Waals surface area (Å²) in [6, 6.07) is 14.7. The lowest BCUT2D eigenvalue weighted by Gasteiger charge is -2.32. The van der Waals surface area contributed by atoms with Crippen LogP contribution in [-0.4, -0.2) is 37.0 Å². The molecule has 154 valence electrons. The van der Waals surface area contributed by atoms with Crippen molar-refractivity contribution >= 4 is 41.0 Å². The number of thioether (sulfide) groups is 1. The van der Waals surface area contributed by atoms with Crippen molar-refractivity contribution in [2.24, 2.45) is 0 Å². The molecule has 1 N–H and O–H groups in total. The lowest BCUT2D eigenvalue weighted by molar-refractivity contribution is 0.0667. The molecule has 3 aromatic rings. The van der Waals surface area contributed by atoms with Gasteiger partial charge in [0.1, 0.15) is 11.4 Å². The second-order valence-electron chi connectivity index (χ2n) is 7.00. The lowest BCUT2D eigenvalue weighted by Crippen LogP contribution is -2.47. The first-order valence-electron chi connectivity index (χ1n) is 9.51. The highest BCUT2D eigenvalue weighted by molar-refractivity contribution is 7.98. The Hall–Kier alpha value is -2.02. The van der Waals surface area contributed by atoms with Crippen LogP contribution < -0.4 is 5.32 Å². The number of hydrogen-bond acceptors (Lipinski definition) is 4. The van der Waals surface area contributed by atoms with Crippen LogP contribution in [0, 0.1) is 5.82 Å². The second kappa shape index (κ2) is 9.65. The van der Waals surface area contributed by atoms with E-state index >= 15 is 0 Å². The predicted molar refractivity (Wildman–Crippen MR) is 117 cm³/mol. The number of nitrogens with zero attached hydrogens (tertiary/aromatic N) is 1. The smallest absolute Gasteiger partial charge is 0.289 e. The first kappa shape index (κ1) is 21.7. The van der Waals surface area contributed by atoms with Gasteiger partial charge in [-0.1, -0.05) is 30.3 Å². The Labute approximate surface area is 180 Å². The summed E-state index contributed by atoms with van der Waals surface area (Å²) in [4.78, 5) is 15.7. The molecule has 1 saturated heterocycles. The van der Waals surface area contributed by atoms with Gasteiger partial charge in [0, 0.05) is 40.7 Å². The van der Waals surface area contributed by atoms with Gasteiger partial charge in [-0.05, 0) is 38.1 Å². The maximum absolute atomic E-state index is 14.0. The number of nitrogens with one attached hydrogen (secondary N) is 1. The number of carbonyl (C=O) groups is 1. The van der Waals surface area contributed by atoms with E-state index in [1.807, 2.05) is 42.3 Å². The first-order valence-corrected chi connectivity index (χ1v) is 10.5. The van der Waals surface area contributed by atoms with Gasteiger partial charge in [0.15, 0.2) is 5.76 Å². The summed E-state index contributed by atoms with van der Waals surface area (Å²) in [5.41, 5.74) is 1.53. The minimum absolute atomic E-state index is 0. The molecule has 1 aliphatic heterocycles. The monoisotopic (exact) mass is 434 g/mol. The fourth-order valence-electron chi connectivity index (χ4n) is 3.67. The highest BCUT2D eigenvalue weighted by Crippen LogP contribution is 2.34. The summed E-state index contributed by atoms with van der Waals surface area (Å²) >= 11 is 1.38. The second-order valence-corrected chi connectivity index (χ2v) is 8.02. The van der Waals surface area contributed by atoms with Crippen molar-refractivity contribution in [3.8, 4) is 0 Å². The fraction of sp³-hybridized carbons (Fsp3) is 0.318. The Morgan fingerprint density at radius 1 is 1.24 bits per heavy atom. The summed E-state index contributed by atoms with van der Waals surface area (Å²) in [5.74, 6) is 0.519. The molecular weight excluding hydrogens is 411 g/mol. The van der Waals surface area contributed by atoms with Crippen molar-refractivity contribution in [1.82, 2.24) is 10.2 Å². The van der Waals surface area contributed by atoms with Gasteiger partial charge in [0.25, 0.3) is 5.91 Å². The van der Waals surface area contributed by atoms with E-state index in [1.165, 1.54) is 17.8 Å². The van der Waals surface area contributed by atoms with Gasteiger partial charge in [-0.2, -0.15) is 0 Å². The van der Waals surface area contributed by atoms with Crippen molar-refractivity contribution in [3.63, 3.8) is 0 Å². The molecule has 4 nitrogen and oxygen atoms in total. The zero-order chi connectivity index (χ0) is 19.5. The van der Waals surface area contributed by atoms with Gasteiger partial charge in [-0.15, -0.1) is 24.2 Å².